The number of likely N-dealkylation sites (N-methyl/N-ethyl adjacent to an activating group) is 1. The molecule has 2 aromatic rings. The van der Waals surface area contributed by atoms with E-state index in [0.29, 0.717) is 18.8 Å². The van der Waals surface area contributed by atoms with Crippen LogP contribution in [0.3, 0.4) is 0 Å². The normalized spacial score (nSPS) is 18.3. The SMILES string of the molecule is Cc1noc2ncnc(N3CCCC(C(=O)NCCN(C)C)C3)c12. The van der Waals surface area contributed by atoms with E-state index in [-0.39, 0.29) is 11.8 Å². The number of hydrogen-bond acceptors (Lipinski definition) is 7. The highest BCUT2D eigenvalue weighted by Crippen LogP contribution is 2.29. The zero-order valence-corrected chi connectivity index (χ0v) is 14.4. The van der Waals surface area contributed by atoms with Gasteiger partial charge < -0.3 is 19.6 Å². The van der Waals surface area contributed by atoms with Crippen LogP contribution in [0.5, 0.6) is 0 Å². The number of aryl methyl sites for hydroxylation is 1. The van der Waals surface area contributed by atoms with Crippen LogP contribution >= 0.6 is 0 Å². The molecule has 3 heterocycles. The van der Waals surface area contributed by atoms with Crippen LogP contribution in [-0.2, 0) is 4.79 Å². The first-order valence-corrected chi connectivity index (χ1v) is 8.30. The Kier molecular flexibility index (Phi) is 4.94. The minimum absolute atomic E-state index is 0.0221. The molecule has 1 amide bonds. The molecular weight excluding hydrogens is 308 g/mol. The molecule has 24 heavy (non-hydrogen) atoms. The van der Waals surface area contributed by atoms with E-state index in [2.05, 4.69) is 30.2 Å². The summed E-state index contributed by atoms with van der Waals surface area (Å²) in [5.74, 6) is 0.907. The highest BCUT2D eigenvalue weighted by molar-refractivity contribution is 5.88. The van der Waals surface area contributed by atoms with Crippen LogP contribution in [0.1, 0.15) is 18.5 Å². The van der Waals surface area contributed by atoms with Gasteiger partial charge in [-0.15, -0.1) is 0 Å². The molecule has 1 unspecified atom stereocenters. The number of rotatable bonds is 5. The van der Waals surface area contributed by atoms with Crippen molar-refractivity contribution in [3.8, 4) is 0 Å². The molecule has 1 fully saturated rings. The van der Waals surface area contributed by atoms with E-state index >= 15 is 0 Å². The highest BCUT2D eigenvalue weighted by Gasteiger charge is 2.28. The lowest BCUT2D eigenvalue weighted by Crippen LogP contribution is -2.44. The van der Waals surface area contributed by atoms with Gasteiger partial charge in [-0.1, -0.05) is 5.16 Å². The molecule has 8 heteroatoms. The van der Waals surface area contributed by atoms with Gasteiger partial charge in [0, 0.05) is 26.2 Å². The van der Waals surface area contributed by atoms with E-state index in [1.54, 1.807) is 0 Å². The quantitative estimate of drug-likeness (QED) is 0.867. The third-order valence-electron chi connectivity index (χ3n) is 4.37. The number of piperidine rings is 1. The van der Waals surface area contributed by atoms with Crippen molar-refractivity contribution >= 4 is 22.8 Å². The van der Waals surface area contributed by atoms with Crippen molar-refractivity contribution in [2.24, 2.45) is 5.92 Å². The zero-order valence-electron chi connectivity index (χ0n) is 14.4. The predicted molar refractivity (Wildman–Crippen MR) is 90.8 cm³/mol. The number of carbonyl (C=O) groups is 1. The molecule has 1 saturated heterocycles. The van der Waals surface area contributed by atoms with Gasteiger partial charge in [-0.05, 0) is 33.9 Å². The molecule has 0 aliphatic carbocycles. The van der Waals surface area contributed by atoms with Crippen LogP contribution in [0.15, 0.2) is 10.9 Å². The van der Waals surface area contributed by atoms with Crippen LogP contribution in [0, 0.1) is 12.8 Å². The van der Waals surface area contributed by atoms with Crippen molar-refractivity contribution in [3.05, 3.63) is 12.0 Å². The molecule has 0 radical (unpaired) electrons. The van der Waals surface area contributed by atoms with Crippen molar-refractivity contribution in [1.29, 1.82) is 0 Å². The molecule has 130 valence electrons. The summed E-state index contributed by atoms with van der Waals surface area (Å²) < 4.78 is 5.22. The Morgan fingerprint density at radius 3 is 3.08 bits per heavy atom. The Morgan fingerprint density at radius 2 is 2.29 bits per heavy atom. The van der Waals surface area contributed by atoms with Gasteiger partial charge in [0.05, 0.1) is 11.6 Å². The first kappa shape index (κ1) is 16.6. The summed E-state index contributed by atoms with van der Waals surface area (Å²) in [5, 5.41) is 7.84. The molecule has 1 aliphatic heterocycles. The monoisotopic (exact) mass is 332 g/mol. The summed E-state index contributed by atoms with van der Waals surface area (Å²) in [6.07, 6.45) is 3.35. The summed E-state index contributed by atoms with van der Waals surface area (Å²) in [4.78, 5) is 25.2. The number of amides is 1. The van der Waals surface area contributed by atoms with Gasteiger partial charge in [0.1, 0.15) is 17.5 Å². The number of aromatic nitrogens is 3. The number of nitrogens with zero attached hydrogens (tertiary/aromatic N) is 5. The fourth-order valence-electron chi connectivity index (χ4n) is 3.07. The minimum Gasteiger partial charge on any atom is -0.355 e. The average Bonchev–Trinajstić information content (AvgIpc) is 2.96. The van der Waals surface area contributed by atoms with Gasteiger partial charge in [0.25, 0.3) is 5.71 Å². The van der Waals surface area contributed by atoms with E-state index < -0.39 is 0 Å². The van der Waals surface area contributed by atoms with E-state index in [1.165, 1.54) is 6.33 Å². The number of anilines is 1. The van der Waals surface area contributed by atoms with Crippen molar-refractivity contribution in [2.45, 2.75) is 19.8 Å². The molecule has 2 aromatic heterocycles. The van der Waals surface area contributed by atoms with Crippen LogP contribution in [-0.4, -0.2) is 66.2 Å². The number of carbonyl (C=O) groups excluding carboxylic acids is 1. The molecular formula is C16H24N6O2. The van der Waals surface area contributed by atoms with E-state index in [9.17, 15) is 4.79 Å². The first-order valence-electron chi connectivity index (χ1n) is 8.30. The molecule has 3 rings (SSSR count). The van der Waals surface area contributed by atoms with Crippen molar-refractivity contribution in [1.82, 2.24) is 25.3 Å². The summed E-state index contributed by atoms with van der Waals surface area (Å²) in [5.41, 5.74) is 1.27. The minimum atomic E-state index is -0.0221. The van der Waals surface area contributed by atoms with Crippen molar-refractivity contribution in [3.63, 3.8) is 0 Å². The first-order chi connectivity index (χ1) is 11.6. The number of fused-ring (bicyclic) bond motifs is 1. The molecule has 0 saturated carbocycles. The van der Waals surface area contributed by atoms with Gasteiger partial charge in [-0.25, -0.2) is 4.98 Å². The fourth-order valence-corrected chi connectivity index (χ4v) is 3.07. The summed E-state index contributed by atoms with van der Waals surface area (Å²) >= 11 is 0. The second kappa shape index (κ2) is 7.12. The lowest BCUT2D eigenvalue weighted by Gasteiger charge is -2.33. The van der Waals surface area contributed by atoms with E-state index in [1.807, 2.05) is 21.0 Å². The molecule has 0 aromatic carbocycles. The smallest absolute Gasteiger partial charge is 0.263 e. The second-order valence-corrected chi connectivity index (χ2v) is 6.52. The number of hydrogen-bond donors (Lipinski definition) is 1. The maximum atomic E-state index is 12.4. The Labute approximate surface area is 141 Å². The molecule has 0 bridgehead atoms. The van der Waals surface area contributed by atoms with Crippen LogP contribution in [0.4, 0.5) is 5.82 Å². The molecule has 0 spiro atoms. The highest BCUT2D eigenvalue weighted by atomic mass is 16.5. The second-order valence-electron chi connectivity index (χ2n) is 6.52. The standard InChI is InChI=1S/C16H24N6O2/c1-11-13-14(18-10-19-16(13)24-20-11)22-7-4-5-12(9-22)15(23)17-6-8-21(2)3/h10,12H,4-9H2,1-3H3,(H,17,23). The predicted octanol–water partition coefficient (Wildman–Crippen LogP) is 0.820. The Hall–Kier alpha value is -2.22. The van der Waals surface area contributed by atoms with Crippen molar-refractivity contribution < 1.29 is 9.32 Å². The van der Waals surface area contributed by atoms with Gasteiger partial charge in [0.2, 0.25) is 5.91 Å². The van der Waals surface area contributed by atoms with Gasteiger partial charge in [0.15, 0.2) is 0 Å². The summed E-state index contributed by atoms with van der Waals surface area (Å²) in [6.45, 7) is 4.93. The van der Waals surface area contributed by atoms with Crippen LogP contribution < -0.4 is 10.2 Å². The largest absolute Gasteiger partial charge is 0.355 e. The summed E-state index contributed by atoms with van der Waals surface area (Å²) in [6, 6.07) is 0. The van der Waals surface area contributed by atoms with Crippen molar-refractivity contribution in [2.75, 3.05) is 45.2 Å². The van der Waals surface area contributed by atoms with Crippen LogP contribution in [0.25, 0.3) is 11.1 Å². The molecule has 1 N–H and O–H groups in total. The third-order valence-corrected chi connectivity index (χ3v) is 4.37. The molecule has 8 nitrogen and oxygen atoms in total. The van der Waals surface area contributed by atoms with Gasteiger partial charge >= 0.3 is 0 Å². The van der Waals surface area contributed by atoms with E-state index in [4.69, 9.17) is 4.52 Å². The summed E-state index contributed by atoms with van der Waals surface area (Å²) in [7, 11) is 3.99. The zero-order chi connectivity index (χ0) is 17.1. The Bertz CT molecular complexity index is 714. The Balaban J connectivity index is 1.71. The Morgan fingerprint density at radius 1 is 1.46 bits per heavy atom. The number of nitrogens with one attached hydrogen (secondary N) is 1. The molecule has 1 aliphatic rings. The fraction of sp³-hybridized carbons (Fsp3) is 0.625. The lowest BCUT2D eigenvalue weighted by molar-refractivity contribution is -0.125. The molecule has 1 atom stereocenters. The van der Waals surface area contributed by atoms with E-state index in [0.717, 1.165) is 42.8 Å². The van der Waals surface area contributed by atoms with Gasteiger partial charge in [-0.3, -0.25) is 4.79 Å². The topological polar surface area (TPSA) is 87.4 Å². The maximum Gasteiger partial charge on any atom is 0.263 e. The van der Waals surface area contributed by atoms with Crippen LogP contribution in [0.2, 0.25) is 0 Å². The third kappa shape index (κ3) is 3.48. The van der Waals surface area contributed by atoms with Gasteiger partial charge in [-0.2, -0.15) is 4.98 Å². The maximum absolute atomic E-state index is 12.4. The average molecular weight is 332 g/mol. The lowest BCUT2D eigenvalue weighted by atomic mass is 9.97.